The first-order valence-corrected chi connectivity index (χ1v) is 16.6. The molecule has 0 radical (unpaired) electrons. The van der Waals surface area contributed by atoms with Crippen molar-refractivity contribution in [3.63, 3.8) is 0 Å². The number of halogens is 1. The summed E-state index contributed by atoms with van der Waals surface area (Å²) in [6, 6.07) is 11.1. The van der Waals surface area contributed by atoms with E-state index in [9.17, 15) is 18.3 Å². The number of hydrogen-bond acceptors (Lipinski definition) is 6. The van der Waals surface area contributed by atoms with Crippen molar-refractivity contribution in [3.05, 3.63) is 58.1 Å². The number of aryl methyl sites for hydroxylation is 1. The maximum atomic E-state index is 13.2. The summed E-state index contributed by atoms with van der Waals surface area (Å²) in [7, 11) is -3.82. The molecule has 1 aliphatic carbocycles. The first kappa shape index (κ1) is 29.2. The summed E-state index contributed by atoms with van der Waals surface area (Å²) in [6.07, 6.45) is 5.79. The Morgan fingerprint density at radius 1 is 1.02 bits per heavy atom. The molecule has 2 bridgehead atoms. The van der Waals surface area contributed by atoms with Crippen molar-refractivity contribution in [1.29, 1.82) is 0 Å². The molecule has 9 heteroatoms. The number of aliphatic hydroxyl groups excluding tert-OH is 1. The van der Waals surface area contributed by atoms with E-state index in [-0.39, 0.29) is 29.1 Å². The number of sulfonamides is 1. The van der Waals surface area contributed by atoms with Crippen LogP contribution in [-0.4, -0.2) is 44.4 Å². The van der Waals surface area contributed by atoms with Crippen molar-refractivity contribution < 1.29 is 23.1 Å². The van der Waals surface area contributed by atoms with E-state index in [0.29, 0.717) is 36.1 Å². The topological polar surface area (TPSA) is 95.9 Å². The fourth-order valence-electron chi connectivity index (χ4n) is 6.75. The van der Waals surface area contributed by atoms with Crippen LogP contribution in [0.3, 0.4) is 0 Å². The van der Waals surface area contributed by atoms with Gasteiger partial charge in [0.2, 0.25) is 10.0 Å². The number of rotatable bonds is 0. The predicted molar refractivity (Wildman–Crippen MR) is 158 cm³/mol. The van der Waals surface area contributed by atoms with Crippen molar-refractivity contribution >= 4 is 33.2 Å². The SMILES string of the molecule is C[C@@H]1C[C@H](C)C[C@@H](O)[C@@H]2CC[C@H]2CN2CCCCc3cc(Cl)ccc3COc3ccc(cc32)C(=O)NS(=O)(=O)C1. The summed E-state index contributed by atoms with van der Waals surface area (Å²) in [5.74, 6) is 0.518. The van der Waals surface area contributed by atoms with Crippen LogP contribution in [0.15, 0.2) is 36.4 Å². The maximum Gasteiger partial charge on any atom is 0.264 e. The largest absolute Gasteiger partial charge is 0.487 e. The molecule has 2 aromatic rings. The second kappa shape index (κ2) is 12.3. The van der Waals surface area contributed by atoms with Gasteiger partial charge >= 0.3 is 0 Å². The molecular formula is C31H41ClN2O5S. The number of carbonyl (C=O) groups is 1. The maximum absolute atomic E-state index is 13.2. The fourth-order valence-corrected chi connectivity index (χ4v) is 8.31. The zero-order valence-corrected chi connectivity index (χ0v) is 25.0. The molecule has 218 valence electrons. The van der Waals surface area contributed by atoms with E-state index < -0.39 is 22.0 Å². The van der Waals surface area contributed by atoms with Crippen molar-refractivity contribution in [2.45, 2.75) is 71.5 Å². The summed E-state index contributed by atoms with van der Waals surface area (Å²) in [5, 5.41) is 11.9. The van der Waals surface area contributed by atoms with E-state index in [0.717, 1.165) is 56.4 Å². The molecular weight excluding hydrogens is 548 g/mol. The molecule has 2 heterocycles. The molecule has 0 unspecified atom stereocenters. The third-order valence-electron chi connectivity index (χ3n) is 8.86. The highest BCUT2D eigenvalue weighted by Gasteiger charge is 2.38. The molecule has 5 atom stereocenters. The Kier molecular flexibility index (Phi) is 8.98. The first-order chi connectivity index (χ1) is 19.1. The third kappa shape index (κ3) is 6.94. The number of carbonyl (C=O) groups excluding carboxylic acids is 1. The van der Waals surface area contributed by atoms with Crippen LogP contribution in [-0.2, 0) is 23.1 Å². The number of fused-ring (bicyclic) bond motifs is 3. The quantitative estimate of drug-likeness (QED) is 0.417. The number of nitrogens with one attached hydrogen (secondary N) is 1. The van der Waals surface area contributed by atoms with Gasteiger partial charge in [0, 0.05) is 23.7 Å². The Balaban J connectivity index is 1.52. The molecule has 3 aliphatic rings. The Hall–Kier alpha value is -2.29. The monoisotopic (exact) mass is 588 g/mol. The molecule has 40 heavy (non-hydrogen) atoms. The van der Waals surface area contributed by atoms with E-state index in [2.05, 4.69) is 16.5 Å². The van der Waals surface area contributed by atoms with E-state index in [1.54, 1.807) is 18.2 Å². The van der Waals surface area contributed by atoms with Crippen LogP contribution in [0.4, 0.5) is 5.69 Å². The van der Waals surface area contributed by atoms with Crippen LogP contribution in [0.25, 0.3) is 0 Å². The number of ether oxygens (including phenoxy) is 1. The van der Waals surface area contributed by atoms with Crippen LogP contribution in [0.2, 0.25) is 5.02 Å². The number of aliphatic hydroxyl groups is 1. The molecule has 2 N–H and O–H groups in total. The molecule has 2 aliphatic heterocycles. The Labute approximate surface area is 243 Å². The number of anilines is 1. The molecule has 0 saturated heterocycles. The zero-order valence-electron chi connectivity index (χ0n) is 23.4. The number of benzene rings is 2. The van der Waals surface area contributed by atoms with Gasteiger partial charge in [-0.25, -0.2) is 13.1 Å². The van der Waals surface area contributed by atoms with Crippen molar-refractivity contribution in [2.24, 2.45) is 23.7 Å². The second-order valence-electron chi connectivity index (χ2n) is 12.3. The number of nitrogens with zero attached hydrogens (tertiary/aromatic N) is 1. The zero-order chi connectivity index (χ0) is 28.4. The third-order valence-corrected chi connectivity index (χ3v) is 10.6. The van der Waals surface area contributed by atoms with E-state index in [4.69, 9.17) is 16.3 Å². The minimum Gasteiger partial charge on any atom is -0.487 e. The lowest BCUT2D eigenvalue weighted by Crippen LogP contribution is -2.44. The average Bonchev–Trinajstić information content (AvgIpc) is 2.88. The molecule has 5 rings (SSSR count). The van der Waals surface area contributed by atoms with Gasteiger partial charge in [0.15, 0.2) is 0 Å². The molecule has 1 fully saturated rings. The minimum atomic E-state index is -3.82. The normalized spacial score (nSPS) is 29.4. The highest BCUT2D eigenvalue weighted by Crippen LogP contribution is 2.42. The molecule has 0 aromatic heterocycles. The van der Waals surface area contributed by atoms with E-state index in [1.165, 1.54) is 5.56 Å². The van der Waals surface area contributed by atoms with Crippen LogP contribution >= 0.6 is 11.6 Å². The van der Waals surface area contributed by atoms with Crippen molar-refractivity contribution in [3.8, 4) is 5.75 Å². The Morgan fingerprint density at radius 3 is 2.62 bits per heavy atom. The van der Waals surface area contributed by atoms with Gasteiger partial charge in [-0.05, 0) is 110 Å². The van der Waals surface area contributed by atoms with E-state index in [1.807, 2.05) is 25.1 Å². The lowest BCUT2D eigenvalue weighted by Gasteiger charge is -2.44. The predicted octanol–water partition coefficient (Wildman–Crippen LogP) is 5.57. The Morgan fingerprint density at radius 2 is 1.85 bits per heavy atom. The second-order valence-corrected chi connectivity index (χ2v) is 14.5. The number of amides is 1. The van der Waals surface area contributed by atoms with Crippen LogP contribution in [0.5, 0.6) is 5.75 Å². The van der Waals surface area contributed by atoms with Crippen LogP contribution < -0.4 is 14.4 Å². The molecule has 0 spiro atoms. The van der Waals surface area contributed by atoms with E-state index >= 15 is 0 Å². The van der Waals surface area contributed by atoms with Crippen molar-refractivity contribution in [1.82, 2.24) is 4.72 Å². The van der Waals surface area contributed by atoms with Crippen LogP contribution in [0, 0.1) is 23.7 Å². The summed E-state index contributed by atoms with van der Waals surface area (Å²) < 4.78 is 34.4. The fraction of sp³-hybridized carbons (Fsp3) is 0.581. The molecule has 1 amide bonds. The van der Waals surface area contributed by atoms with Gasteiger partial charge < -0.3 is 14.7 Å². The highest BCUT2D eigenvalue weighted by molar-refractivity contribution is 7.90. The standard InChI is InChI=1S/C31H41ClN2O5S/c1-20-13-21(2)19-40(37,38)33-31(36)23-8-11-30-28(16-23)34(17-24-7-10-27(24)29(35)14-20)12-4-3-5-22-15-26(32)9-6-25(22)18-39-30/h6,8-9,11,15-16,20-21,24,27,29,35H,3-5,7,10,12-14,17-19H2,1-2H3,(H,33,36)/t20-,21+,24-,27+,29+/m0/s1. The van der Waals surface area contributed by atoms with Gasteiger partial charge in [0.25, 0.3) is 5.91 Å². The Bertz CT molecular complexity index is 1330. The van der Waals surface area contributed by atoms with Gasteiger partial charge in [0.1, 0.15) is 12.4 Å². The summed E-state index contributed by atoms with van der Waals surface area (Å²) in [4.78, 5) is 15.5. The first-order valence-electron chi connectivity index (χ1n) is 14.6. The summed E-state index contributed by atoms with van der Waals surface area (Å²) in [5.41, 5.74) is 3.34. The van der Waals surface area contributed by atoms with Gasteiger partial charge in [-0.1, -0.05) is 31.5 Å². The number of hydrogen-bond donors (Lipinski definition) is 2. The lowest BCUT2D eigenvalue weighted by atomic mass is 9.68. The molecule has 7 nitrogen and oxygen atoms in total. The minimum absolute atomic E-state index is 0.130. The summed E-state index contributed by atoms with van der Waals surface area (Å²) >= 11 is 6.30. The highest BCUT2D eigenvalue weighted by atomic mass is 35.5. The van der Waals surface area contributed by atoms with Gasteiger partial charge in [-0.2, -0.15) is 0 Å². The average molecular weight is 589 g/mol. The van der Waals surface area contributed by atoms with Gasteiger partial charge in [-0.15, -0.1) is 0 Å². The lowest BCUT2D eigenvalue weighted by molar-refractivity contribution is 0.000858. The smallest absolute Gasteiger partial charge is 0.264 e. The molecule has 2 aromatic carbocycles. The van der Waals surface area contributed by atoms with Gasteiger partial charge in [0.05, 0.1) is 17.5 Å². The van der Waals surface area contributed by atoms with Crippen molar-refractivity contribution in [2.75, 3.05) is 23.7 Å². The van der Waals surface area contributed by atoms with Gasteiger partial charge in [-0.3, -0.25) is 4.79 Å². The summed E-state index contributed by atoms with van der Waals surface area (Å²) in [6.45, 7) is 5.86. The molecule has 1 saturated carbocycles. The van der Waals surface area contributed by atoms with Crippen LogP contribution in [0.1, 0.15) is 73.9 Å².